The highest BCUT2D eigenvalue weighted by atomic mass is 15.1. The number of hydrogen-bond donors (Lipinski definition) is 1. The van der Waals surface area contributed by atoms with E-state index in [-0.39, 0.29) is 0 Å². The number of rotatable bonds is 4. The maximum Gasteiger partial charge on any atom is 0.220 e. The molecule has 2 N–H and O–H groups in total. The summed E-state index contributed by atoms with van der Waals surface area (Å²) < 4.78 is 2.09. The minimum Gasteiger partial charge on any atom is -0.368 e. The number of aromatic nitrogens is 4. The molecule has 2 aromatic heterocycles. The van der Waals surface area contributed by atoms with Gasteiger partial charge in [-0.3, -0.25) is 0 Å². The molecule has 1 fully saturated rings. The van der Waals surface area contributed by atoms with Crippen molar-refractivity contribution in [1.29, 1.82) is 0 Å². The molecule has 0 spiro atoms. The van der Waals surface area contributed by atoms with Crippen molar-refractivity contribution >= 4 is 5.95 Å². The van der Waals surface area contributed by atoms with Crippen molar-refractivity contribution < 1.29 is 0 Å². The van der Waals surface area contributed by atoms with E-state index in [1.54, 1.807) is 6.20 Å². The lowest BCUT2D eigenvalue weighted by Gasteiger charge is -2.31. The van der Waals surface area contributed by atoms with Crippen LogP contribution in [0, 0.1) is 0 Å². The molecular formula is C15H22N6. The summed E-state index contributed by atoms with van der Waals surface area (Å²) in [5, 5.41) is 0. The Balaban J connectivity index is 1.50. The van der Waals surface area contributed by atoms with Crippen molar-refractivity contribution in [3.8, 4) is 0 Å². The van der Waals surface area contributed by atoms with E-state index in [9.17, 15) is 0 Å². The standard InChI is InChI=1S/C15H22N6/c1-20-11-7-17-14(20)5-10-21-8-3-12(4-9-21)13-2-6-18-15(16)19-13/h2,6-7,11-12H,3-5,8-10H2,1H3,(H2,16,18,19). The molecule has 6 heteroatoms. The zero-order chi connectivity index (χ0) is 14.7. The highest BCUT2D eigenvalue weighted by molar-refractivity contribution is 5.20. The van der Waals surface area contributed by atoms with Gasteiger partial charge in [0.15, 0.2) is 0 Å². The van der Waals surface area contributed by atoms with Crippen LogP contribution in [0.5, 0.6) is 0 Å². The first-order valence-electron chi connectivity index (χ1n) is 7.49. The Morgan fingerprint density at radius 2 is 2.05 bits per heavy atom. The number of anilines is 1. The van der Waals surface area contributed by atoms with Crippen LogP contribution in [0.25, 0.3) is 0 Å². The smallest absolute Gasteiger partial charge is 0.220 e. The van der Waals surface area contributed by atoms with Gasteiger partial charge in [0.05, 0.1) is 0 Å². The average molecular weight is 286 g/mol. The quantitative estimate of drug-likeness (QED) is 0.914. The van der Waals surface area contributed by atoms with Crippen LogP contribution < -0.4 is 5.73 Å². The third-order valence-corrected chi connectivity index (χ3v) is 4.27. The fraction of sp³-hybridized carbons (Fsp3) is 0.533. The van der Waals surface area contributed by atoms with Gasteiger partial charge >= 0.3 is 0 Å². The molecule has 112 valence electrons. The summed E-state index contributed by atoms with van der Waals surface area (Å²) in [4.78, 5) is 15.2. The summed E-state index contributed by atoms with van der Waals surface area (Å²) in [6.45, 7) is 3.29. The monoisotopic (exact) mass is 286 g/mol. The van der Waals surface area contributed by atoms with E-state index < -0.39 is 0 Å². The van der Waals surface area contributed by atoms with Crippen molar-refractivity contribution in [2.75, 3.05) is 25.4 Å². The van der Waals surface area contributed by atoms with E-state index in [4.69, 9.17) is 5.73 Å². The minimum atomic E-state index is 0.379. The number of nitrogen functional groups attached to an aromatic ring is 1. The lowest BCUT2D eigenvalue weighted by Crippen LogP contribution is -2.35. The second kappa shape index (κ2) is 6.22. The number of nitrogens with two attached hydrogens (primary N) is 1. The molecule has 0 aliphatic carbocycles. The number of likely N-dealkylation sites (tertiary alicyclic amines) is 1. The second-order valence-corrected chi connectivity index (χ2v) is 5.66. The molecule has 0 unspecified atom stereocenters. The molecule has 0 radical (unpaired) electrons. The summed E-state index contributed by atoms with van der Waals surface area (Å²) in [5.41, 5.74) is 6.76. The summed E-state index contributed by atoms with van der Waals surface area (Å²) in [5.74, 6) is 2.05. The predicted molar refractivity (Wildman–Crippen MR) is 81.8 cm³/mol. The molecule has 3 heterocycles. The normalized spacial score (nSPS) is 17.2. The van der Waals surface area contributed by atoms with Crippen LogP contribution in [0.3, 0.4) is 0 Å². The Kier molecular flexibility index (Phi) is 4.15. The molecule has 0 atom stereocenters. The number of nitrogens with zero attached hydrogens (tertiary/aromatic N) is 5. The zero-order valence-electron chi connectivity index (χ0n) is 12.4. The predicted octanol–water partition coefficient (Wildman–Crippen LogP) is 1.21. The average Bonchev–Trinajstić information content (AvgIpc) is 2.91. The van der Waals surface area contributed by atoms with Gasteiger partial charge in [-0.05, 0) is 32.0 Å². The third-order valence-electron chi connectivity index (χ3n) is 4.27. The molecule has 3 rings (SSSR count). The molecule has 1 aliphatic heterocycles. The first kappa shape index (κ1) is 14.0. The Morgan fingerprint density at radius 3 is 2.71 bits per heavy atom. The van der Waals surface area contributed by atoms with Crippen molar-refractivity contribution in [3.63, 3.8) is 0 Å². The SMILES string of the molecule is Cn1ccnc1CCN1CCC(c2ccnc(N)n2)CC1. The van der Waals surface area contributed by atoms with E-state index in [1.807, 2.05) is 25.5 Å². The van der Waals surface area contributed by atoms with Gasteiger partial charge in [-0.15, -0.1) is 0 Å². The molecule has 0 amide bonds. The van der Waals surface area contributed by atoms with Crippen LogP contribution in [-0.2, 0) is 13.5 Å². The van der Waals surface area contributed by atoms with Gasteiger partial charge in [0, 0.05) is 50.2 Å². The maximum atomic E-state index is 5.67. The summed E-state index contributed by atoms with van der Waals surface area (Å²) in [6, 6.07) is 1.99. The van der Waals surface area contributed by atoms with Crippen molar-refractivity contribution in [1.82, 2.24) is 24.4 Å². The zero-order valence-corrected chi connectivity index (χ0v) is 12.4. The van der Waals surface area contributed by atoms with Gasteiger partial charge in [0.25, 0.3) is 0 Å². The van der Waals surface area contributed by atoms with E-state index in [1.165, 1.54) is 0 Å². The van der Waals surface area contributed by atoms with Crippen molar-refractivity contribution in [2.45, 2.75) is 25.2 Å². The van der Waals surface area contributed by atoms with Gasteiger partial charge < -0.3 is 15.2 Å². The highest BCUT2D eigenvalue weighted by Crippen LogP contribution is 2.26. The fourth-order valence-electron chi connectivity index (χ4n) is 2.96. The van der Waals surface area contributed by atoms with Crippen LogP contribution in [0.1, 0.15) is 30.3 Å². The lowest BCUT2D eigenvalue weighted by atomic mass is 9.93. The fourth-order valence-corrected chi connectivity index (χ4v) is 2.96. The topological polar surface area (TPSA) is 72.9 Å². The van der Waals surface area contributed by atoms with Crippen molar-refractivity contribution in [2.24, 2.45) is 7.05 Å². The van der Waals surface area contributed by atoms with E-state index in [0.29, 0.717) is 11.9 Å². The summed E-state index contributed by atoms with van der Waals surface area (Å²) in [7, 11) is 2.05. The molecule has 2 aromatic rings. The van der Waals surface area contributed by atoms with Crippen LogP contribution in [0.2, 0.25) is 0 Å². The number of piperidine rings is 1. The van der Waals surface area contributed by atoms with Crippen molar-refractivity contribution in [3.05, 3.63) is 36.2 Å². The molecule has 0 bridgehead atoms. The van der Waals surface area contributed by atoms with Gasteiger partial charge in [-0.25, -0.2) is 15.0 Å². The largest absolute Gasteiger partial charge is 0.368 e. The van der Waals surface area contributed by atoms with Gasteiger partial charge in [-0.2, -0.15) is 0 Å². The van der Waals surface area contributed by atoms with Gasteiger partial charge in [0.2, 0.25) is 5.95 Å². The Morgan fingerprint density at radius 1 is 1.24 bits per heavy atom. The maximum absolute atomic E-state index is 5.67. The highest BCUT2D eigenvalue weighted by Gasteiger charge is 2.21. The third kappa shape index (κ3) is 3.39. The Labute approximate surface area is 125 Å². The molecular weight excluding hydrogens is 264 g/mol. The Hall–Kier alpha value is -1.95. The summed E-state index contributed by atoms with van der Waals surface area (Å²) in [6.07, 6.45) is 8.90. The van der Waals surface area contributed by atoms with Crippen LogP contribution in [0.15, 0.2) is 24.7 Å². The summed E-state index contributed by atoms with van der Waals surface area (Å²) >= 11 is 0. The second-order valence-electron chi connectivity index (χ2n) is 5.66. The van der Waals surface area contributed by atoms with Crippen LogP contribution in [-0.4, -0.2) is 44.1 Å². The molecule has 0 aromatic carbocycles. The van der Waals surface area contributed by atoms with Crippen LogP contribution in [0.4, 0.5) is 5.95 Å². The van der Waals surface area contributed by atoms with E-state index >= 15 is 0 Å². The molecule has 1 aliphatic rings. The van der Waals surface area contributed by atoms with E-state index in [2.05, 4.69) is 24.4 Å². The molecule has 6 nitrogen and oxygen atoms in total. The Bertz CT molecular complexity index is 585. The van der Waals surface area contributed by atoms with Gasteiger partial charge in [-0.1, -0.05) is 0 Å². The minimum absolute atomic E-state index is 0.379. The van der Waals surface area contributed by atoms with E-state index in [0.717, 1.165) is 50.4 Å². The molecule has 1 saturated heterocycles. The number of imidazole rings is 1. The molecule has 0 saturated carbocycles. The molecule has 21 heavy (non-hydrogen) atoms. The number of hydrogen-bond acceptors (Lipinski definition) is 5. The van der Waals surface area contributed by atoms with Crippen LogP contribution >= 0.6 is 0 Å². The first-order chi connectivity index (χ1) is 10.2. The lowest BCUT2D eigenvalue weighted by molar-refractivity contribution is 0.211. The van der Waals surface area contributed by atoms with Gasteiger partial charge in [0.1, 0.15) is 5.82 Å². The first-order valence-corrected chi connectivity index (χ1v) is 7.49. The number of aryl methyl sites for hydroxylation is 1.